The molecule has 0 unspecified atom stereocenters. The molecule has 4 fully saturated rings. The number of ether oxygens (including phenoxy) is 4. The maximum atomic E-state index is 14.7. The molecule has 4 aromatic rings. The predicted molar refractivity (Wildman–Crippen MR) is 181 cm³/mol. The molecule has 0 aliphatic carbocycles. The Morgan fingerprint density at radius 3 is 1.23 bits per heavy atom. The molecule has 0 saturated carbocycles. The molecular weight excluding hydrogens is 678 g/mol. The Morgan fingerprint density at radius 1 is 0.481 bits per heavy atom. The van der Waals surface area contributed by atoms with Gasteiger partial charge in [-0.15, -0.1) is 0 Å². The molecule has 4 saturated heterocycles. The number of anilines is 2. The highest BCUT2D eigenvalue weighted by Gasteiger charge is 2.74. The second-order valence-corrected chi connectivity index (χ2v) is 12.8. The first-order valence-electron chi connectivity index (χ1n) is 16.4. The zero-order chi connectivity index (χ0) is 36.6. The van der Waals surface area contributed by atoms with Gasteiger partial charge in [-0.2, -0.15) is 0 Å². The van der Waals surface area contributed by atoms with Gasteiger partial charge in [0.25, 0.3) is 11.8 Å². The van der Waals surface area contributed by atoms with Gasteiger partial charge in [0.15, 0.2) is 0 Å². The molecule has 8 rings (SSSR count). The summed E-state index contributed by atoms with van der Waals surface area (Å²) in [7, 11) is 5.84. The molecule has 4 heterocycles. The summed E-state index contributed by atoms with van der Waals surface area (Å²) in [4.78, 5) is 60.8. The number of rotatable bonds is 8. The second kappa shape index (κ2) is 12.4. The second-order valence-electron chi connectivity index (χ2n) is 12.8. The number of benzene rings is 4. The molecule has 0 spiro atoms. The van der Waals surface area contributed by atoms with Crippen LogP contribution in [0.1, 0.15) is 23.2 Å². The smallest absolute Gasteiger partial charge is 0.253 e. The van der Waals surface area contributed by atoms with Gasteiger partial charge in [0.05, 0.1) is 63.7 Å². The van der Waals surface area contributed by atoms with Crippen LogP contribution < -0.4 is 28.7 Å². The number of methoxy groups -OCH3 is 4. The standard InChI is InChI=1S/C38H32F2N4O8/c1-49-23-11-13-27(51-3)25(17-23)31-29-33(37(47)41(35(29)45)21-9-5-7-19(39)15-21)44-32(26-18-24(50-2)12-14-28(26)52-4)30-34(43(31)44)38(48)42(36(30)46)22-10-6-8-20(40)16-22/h5-18,29-34H,1-4H3/t29-,30-,31+,32+,33+,34+/m0/s1. The van der Waals surface area contributed by atoms with Crippen molar-refractivity contribution >= 4 is 35.0 Å². The van der Waals surface area contributed by atoms with Crippen LogP contribution in [-0.4, -0.2) is 74.2 Å². The van der Waals surface area contributed by atoms with Crippen LogP contribution >= 0.6 is 0 Å². The summed E-state index contributed by atoms with van der Waals surface area (Å²) in [5, 5.41) is 3.25. The van der Waals surface area contributed by atoms with E-state index in [1.54, 1.807) is 46.4 Å². The highest BCUT2D eigenvalue weighted by molar-refractivity contribution is 6.26. The Bertz CT molecular complexity index is 2010. The fourth-order valence-electron chi connectivity index (χ4n) is 8.33. The van der Waals surface area contributed by atoms with E-state index in [2.05, 4.69) is 0 Å². The minimum atomic E-state index is -1.27. The molecule has 4 aromatic carbocycles. The molecule has 14 heteroatoms. The fraction of sp³-hybridized carbons (Fsp3) is 0.263. The fourth-order valence-corrected chi connectivity index (χ4v) is 8.33. The predicted octanol–water partition coefficient (Wildman–Crippen LogP) is 4.44. The number of amides is 4. The van der Waals surface area contributed by atoms with Gasteiger partial charge < -0.3 is 18.9 Å². The molecule has 0 radical (unpaired) electrons. The first kappa shape index (κ1) is 33.3. The normalized spacial score (nSPS) is 25.4. The van der Waals surface area contributed by atoms with Gasteiger partial charge in [-0.1, -0.05) is 12.1 Å². The number of imide groups is 2. The molecular formula is C38H32F2N4O8. The monoisotopic (exact) mass is 710 g/mol. The number of nitrogens with zero attached hydrogens (tertiary/aromatic N) is 4. The summed E-state index contributed by atoms with van der Waals surface area (Å²) in [6.45, 7) is 0. The van der Waals surface area contributed by atoms with Gasteiger partial charge in [-0.05, 0) is 72.8 Å². The third-order valence-electron chi connectivity index (χ3n) is 10.4. The molecule has 12 nitrogen and oxygen atoms in total. The van der Waals surface area contributed by atoms with Gasteiger partial charge in [0.2, 0.25) is 11.8 Å². The van der Waals surface area contributed by atoms with E-state index in [9.17, 15) is 28.0 Å². The van der Waals surface area contributed by atoms with Crippen molar-refractivity contribution in [2.75, 3.05) is 38.2 Å². The lowest BCUT2D eigenvalue weighted by Crippen LogP contribution is -2.50. The summed E-state index contributed by atoms with van der Waals surface area (Å²) < 4.78 is 51.8. The number of hydrazine groups is 1. The van der Waals surface area contributed by atoms with Crippen LogP contribution in [0.3, 0.4) is 0 Å². The van der Waals surface area contributed by atoms with Crippen molar-refractivity contribution in [2.45, 2.75) is 24.2 Å². The zero-order valence-electron chi connectivity index (χ0n) is 28.4. The lowest BCUT2D eigenvalue weighted by Gasteiger charge is -2.36. The van der Waals surface area contributed by atoms with Crippen molar-refractivity contribution < 1.29 is 46.9 Å². The summed E-state index contributed by atoms with van der Waals surface area (Å²) >= 11 is 0. The quantitative estimate of drug-likeness (QED) is 0.243. The number of halogens is 2. The van der Waals surface area contributed by atoms with Crippen LogP contribution in [-0.2, 0) is 19.2 Å². The molecule has 4 aliphatic rings. The molecule has 0 N–H and O–H groups in total. The van der Waals surface area contributed by atoms with Gasteiger partial charge in [-0.25, -0.2) is 28.6 Å². The third kappa shape index (κ3) is 4.70. The lowest BCUT2D eigenvalue weighted by molar-refractivity contribution is -0.136. The van der Waals surface area contributed by atoms with Crippen LogP contribution in [0.15, 0.2) is 84.9 Å². The van der Waals surface area contributed by atoms with Crippen LogP contribution in [0.4, 0.5) is 20.2 Å². The van der Waals surface area contributed by atoms with Crippen LogP contribution in [0.2, 0.25) is 0 Å². The van der Waals surface area contributed by atoms with Crippen molar-refractivity contribution in [3.63, 3.8) is 0 Å². The van der Waals surface area contributed by atoms with Gasteiger partial charge in [-0.3, -0.25) is 19.2 Å². The van der Waals surface area contributed by atoms with Gasteiger partial charge in [0.1, 0.15) is 46.7 Å². The Kier molecular flexibility index (Phi) is 7.95. The Labute approximate surface area is 296 Å². The number of hydrogen-bond acceptors (Lipinski definition) is 10. The SMILES string of the molecule is COc1ccc(OC)c([C@@H]2[C@@H]3C(=O)N(c4cccc(F)c4)C(=O)[C@@H]3N3[C@H](c4cc(OC)ccc4OC)[C@@H]4C(=O)N(c5cccc(F)c5)C(=O)[C@@H]4N23)c1. The zero-order valence-corrected chi connectivity index (χ0v) is 28.4. The molecule has 0 bridgehead atoms. The van der Waals surface area contributed by atoms with E-state index in [0.717, 1.165) is 21.9 Å². The van der Waals surface area contributed by atoms with Crippen molar-refractivity contribution in [2.24, 2.45) is 11.8 Å². The number of carbonyl (C=O) groups is 4. The first-order valence-corrected chi connectivity index (χ1v) is 16.4. The van der Waals surface area contributed by atoms with Crippen molar-refractivity contribution in [3.8, 4) is 23.0 Å². The highest BCUT2D eigenvalue weighted by Crippen LogP contribution is 2.61. The minimum Gasteiger partial charge on any atom is -0.497 e. The maximum absolute atomic E-state index is 14.7. The van der Waals surface area contributed by atoms with E-state index in [-0.39, 0.29) is 11.4 Å². The number of hydrogen-bond donors (Lipinski definition) is 0. The average Bonchev–Trinajstić information content (AvgIpc) is 3.82. The van der Waals surface area contributed by atoms with Crippen LogP contribution in [0.5, 0.6) is 23.0 Å². The van der Waals surface area contributed by atoms with Crippen LogP contribution in [0.25, 0.3) is 0 Å². The number of fused-ring (bicyclic) bond motifs is 5. The Morgan fingerprint density at radius 2 is 0.885 bits per heavy atom. The number of carbonyl (C=O) groups excluding carboxylic acids is 4. The van der Waals surface area contributed by atoms with E-state index in [1.807, 2.05) is 0 Å². The highest BCUT2D eigenvalue weighted by atomic mass is 19.1. The first-order chi connectivity index (χ1) is 25.1. The summed E-state index contributed by atoms with van der Waals surface area (Å²) in [6, 6.07) is 15.6. The largest absolute Gasteiger partial charge is 0.497 e. The van der Waals surface area contributed by atoms with Gasteiger partial charge >= 0.3 is 0 Å². The van der Waals surface area contributed by atoms with E-state index in [4.69, 9.17) is 18.9 Å². The van der Waals surface area contributed by atoms with Crippen molar-refractivity contribution in [3.05, 3.63) is 108 Å². The van der Waals surface area contributed by atoms with E-state index in [0.29, 0.717) is 34.1 Å². The maximum Gasteiger partial charge on any atom is 0.253 e. The third-order valence-corrected chi connectivity index (χ3v) is 10.4. The Hall–Kier alpha value is -5.86. The topological polar surface area (TPSA) is 118 Å². The molecule has 266 valence electrons. The van der Waals surface area contributed by atoms with Gasteiger partial charge in [0, 0.05) is 11.1 Å². The molecule has 52 heavy (non-hydrogen) atoms. The van der Waals surface area contributed by atoms with Crippen molar-refractivity contribution in [1.29, 1.82) is 0 Å². The summed E-state index contributed by atoms with van der Waals surface area (Å²) in [6.07, 6.45) is 0. The Balaban J connectivity index is 1.40. The van der Waals surface area contributed by atoms with E-state index < -0.39 is 71.3 Å². The van der Waals surface area contributed by atoms with E-state index >= 15 is 0 Å². The average molecular weight is 711 g/mol. The van der Waals surface area contributed by atoms with E-state index in [1.165, 1.54) is 64.8 Å². The minimum absolute atomic E-state index is 0.0339. The summed E-state index contributed by atoms with van der Waals surface area (Å²) in [5.74, 6) is -4.83. The lowest BCUT2D eigenvalue weighted by atomic mass is 9.83. The molecule has 4 aliphatic heterocycles. The van der Waals surface area contributed by atoms with Crippen LogP contribution in [0, 0.1) is 23.5 Å². The molecule has 6 atom stereocenters. The van der Waals surface area contributed by atoms with Crippen molar-refractivity contribution in [1.82, 2.24) is 10.0 Å². The molecule has 4 amide bonds. The summed E-state index contributed by atoms with van der Waals surface area (Å²) in [5.41, 5.74) is 0.879. The molecule has 0 aromatic heterocycles.